The van der Waals surface area contributed by atoms with Crippen molar-refractivity contribution in [2.75, 3.05) is 47.9 Å². The molecule has 2 saturated heterocycles. The fourth-order valence-corrected chi connectivity index (χ4v) is 6.49. The van der Waals surface area contributed by atoms with E-state index in [2.05, 4.69) is 4.90 Å². The number of amides is 2. The van der Waals surface area contributed by atoms with Gasteiger partial charge in [-0.3, -0.25) is 24.2 Å². The first-order valence-electron chi connectivity index (χ1n) is 12.4. The van der Waals surface area contributed by atoms with Crippen LogP contribution in [0.15, 0.2) is 41.2 Å². The average Bonchev–Trinajstić information content (AvgIpc) is 2.90. The van der Waals surface area contributed by atoms with Gasteiger partial charge in [-0.25, -0.2) is 0 Å². The van der Waals surface area contributed by atoms with Crippen molar-refractivity contribution in [3.63, 3.8) is 0 Å². The molecule has 0 aliphatic carbocycles. The van der Waals surface area contributed by atoms with Crippen molar-refractivity contribution < 1.29 is 19.1 Å². The average molecular weight is 525 g/mol. The summed E-state index contributed by atoms with van der Waals surface area (Å²) in [5, 5.41) is 0.196. The van der Waals surface area contributed by atoms with E-state index in [9.17, 15) is 14.4 Å². The van der Waals surface area contributed by atoms with Gasteiger partial charge in [-0.2, -0.15) is 0 Å². The van der Waals surface area contributed by atoms with Crippen molar-refractivity contribution in [2.45, 2.75) is 25.3 Å². The van der Waals surface area contributed by atoms with Crippen LogP contribution in [0, 0.1) is 11.3 Å². The van der Waals surface area contributed by atoms with Gasteiger partial charge in [-0.05, 0) is 54.7 Å². The number of rotatable bonds is 6. The molecule has 0 unspecified atom stereocenters. The highest BCUT2D eigenvalue weighted by Gasteiger charge is 2.55. The molecule has 1 aromatic heterocycles. The number of hydrogen-bond donors (Lipinski definition) is 0. The molecule has 0 spiro atoms. The van der Waals surface area contributed by atoms with Gasteiger partial charge in [0.2, 0.25) is 11.8 Å². The van der Waals surface area contributed by atoms with Crippen molar-refractivity contribution in [1.29, 1.82) is 0 Å². The number of ether oxygens (including phenoxy) is 2. The van der Waals surface area contributed by atoms with Crippen LogP contribution in [-0.2, 0) is 22.6 Å². The van der Waals surface area contributed by atoms with Crippen molar-refractivity contribution >= 4 is 29.1 Å². The van der Waals surface area contributed by atoms with Crippen molar-refractivity contribution in [3.8, 4) is 11.5 Å². The number of benzene rings is 1. The SMILES string of the molecule is COc1ccc(CC2(CN3C[C@@H]4C[C@H](C3)c3cccc(=O)n3C4)C(=O)N(C)C(=S)N(C)C2=O)cc1OC. The number of hydrogen-bond acceptors (Lipinski definition) is 7. The number of carbonyl (C=O) groups is 2. The number of likely N-dealkylation sites (tertiary alicyclic amines) is 1. The van der Waals surface area contributed by atoms with E-state index in [1.165, 1.54) is 9.80 Å². The zero-order valence-electron chi connectivity index (χ0n) is 21.6. The molecular weight excluding hydrogens is 492 g/mol. The molecule has 1 aromatic carbocycles. The quantitative estimate of drug-likeness (QED) is 0.420. The van der Waals surface area contributed by atoms with Gasteiger partial charge in [0, 0.05) is 58.0 Å². The summed E-state index contributed by atoms with van der Waals surface area (Å²) in [5.41, 5.74) is 0.495. The van der Waals surface area contributed by atoms with Crippen LogP contribution < -0.4 is 15.0 Å². The second-order valence-corrected chi connectivity index (χ2v) is 10.7. The predicted octanol–water partition coefficient (Wildman–Crippen LogP) is 1.73. The number of nitrogens with zero attached hydrogens (tertiary/aromatic N) is 4. The third kappa shape index (κ3) is 4.21. The maximum atomic E-state index is 13.9. The highest BCUT2D eigenvalue weighted by Crippen LogP contribution is 2.40. The molecule has 2 fully saturated rings. The van der Waals surface area contributed by atoms with Gasteiger partial charge in [0.1, 0.15) is 5.41 Å². The Labute approximate surface area is 221 Å². The summed E-state index contributed by atoms with van der Waals surface area (Å²) in [4.78, 5) is 45.4. The highest BCUT2D eigenvalue weighted by atomic mass is 32.1. The summed E-state index contributed by atoms with van der Waals surface area (Å²) in [6, 6.07) is 10.9. The second kappa shape index (κ2) is 9.57. The second-order valence-electron chi connectivity index (χ2n) is 10.4. The van der Waals surface area contributed by atoms with E-state index in [1.807, 2.05) is 28.8 Å². The molecule has 4 heterocycles. The van der Waals surface area contributed by atoms with E-state index < -0.39 is 5.41 Å². The maximum absolute atomic E-state index is 13.9. The van der Waals surface area contributed by atoms with E-state index >= 15 is 0 Å². The number of carbonyl (C=O) groups excluding carboxylic acids is 2. The van der Waals surface area contributed by atoms with Crippen LogP contribution in [0.4, 0.5) is 0 Å². The molecule has 9 nitrogen and oxygen atoms in total. The number of pyridine rings is 1. The van der Waals surface area contributed by atoms with Crippen LogP contribution in [0.3, 0.4) is 0 Å². The van der Waals surface area contributed by atoms with Gasteiger partial charge in [0.05, 0.1) is 14.2 Å². The Balaban J connectivity index is 1.51. The minimum atomic E-state index is -1.35. The summed E-state index contributed by atoms with van der Waals surface area (Å²) < 4.78 is 12.7. The molecule has 3 aliphatic heterocycles. The minimum Gasteiger partial charge on any atom is -0.493 e. The maximum Gasteiger partial charge on any atom is 0.250 e. The van der Waals surface area contributed by atoms with Crippen LogP contribution in [0.5, 0.6) is 11.5 Å². The zero-order chi connectivity index (χ0) is 26.5. The van der Waals surface area contributed by atoms with Crippen molar-refractivity contribution in [3.05, 3.63) is 58.0 Å². The first-order valence-corrected chi connectivity index (χ1v) is 12.8. The molecule has 2 bridgehead atoms. The molecule has 0 saturated carbocycles. The Morgan fingerprint density at radius 1 is 0.946 bits per heavy atom. The van der Waals surface area contributed by atoms with Gasteiger partial charge >= 0.3 is 0 Å². The lowest BCUT2D eigenvalue weighted by Crippen LogP contribution is -2.67. The minimum absolute atomic E-state index is 0.0278. The predicted molar refractivity (Wildman–Crippen MR) is 142 cm³/mol. The smallest absolute Gasteiger partial charge is 0.250 e. The van der Waals surface area contributed by atoms with Crippen molar-refractivity contribution in [1.82, 2.24) is 19.3 Å². The highest BCUT2D eigenvalue weighted by molar-refractivity contribution is 7.80. The third-order valence-electron chi connectivity index (χ3n) is 8.00. The van der Waals surface area contributed by atoms with Gasteiger partial charge in [0.25, 0.3) is 5.56 Å². The molecule has 2 amide bonds. The normalized spacial score (nSPS) is 23.2. The Kier molecular flexibility index (Phi) is 6.57. The van der Waals surface area contributed by atoms with Gasteiger partial charge in [-0.15, -0.1) is 0 Å². The molecule has 2 atom stereocenters. The van der Waals surface area contributed by atoms with E-state index in [1.54, 1.807) is 40.4 Å². The van der Waals surface area contributed by atoms with Gasteiger partial charge < -0.3 is 18.9 Å². The van der Waals surface area contributed by atoms with E-state index in [0.29, 0.717) is 31.1 Å². The lowest BCUT2D eigenvalue weighted by atomic mass is 9.75. The molecule has 0 N–H and O–H groups in total. The first kappa shape index (κ1) is 25.4. The number of aromatic nitrogens is 1. The summed E-state index contributed by atoms with van der Waals surface area (Å²) >= 11 is 5.40. The molecular formula is C27H32N4O5S. The number of piperidine rings is 1. The Morgan fingerprint density at radius 3 is 2.32 bits per heavy atom. The molecule has 3 aliphatic rings. The van der Waals surface area contributed by atoms with Crippen LogP contribution >= 0.6 is 12.2 Å². The molecule has 2 aromatic rings. The summed E-state index contributed by atoms with van der Waals surface area (Å²) in [7, 11) is 6.39. The Bertz CT molecular complexity index is 1300. The fourth-order valence-electron chi connectivity index (χ4n) is 6.32. The van der Waals surface area contributed by atoms with Gasteiger partial charge in [-0.1, -0.05) is 12.1 Å². The summed E-state index contributed by atoms with van der Waals surface area (Å²) in [5.74, 6) is 0.956. The molecule has 5 rings (SSSR count). The first-order chi connectivity index (χ1) is 17.7. The van der Waals surface area contributed by atoms with Crippen molar-refractivity contribution in [2.24, 2.45) is 11.3 Å². The monoisotopic (exact) mass is 524 g/mol. The van der Waals surface area contributed by atoms with Crippen LogP contribution in [0.1, 0.15) is 23.6 Å². The molecule has 196 valence electrons. The number of methoxy groups -OCH3 is 2. The molecule has 37 heavy (non-hydrogen) atoms. The number of thiocarbonyl (C=S) groups is 1. The van der Waals surface area contributed by atoms with Crippen LogP contribution in [0.2, 0.25) is 0 Å². The van der Waals surface area contributed by atoms with Gasteiger partial charge in [0.15, 0.2) is 16.6 Å². The lowest BCUT2D eigenvalue weighted by Gasteiger charge is -2.48. The standard InChI is InChI=1S/C27H32N4O5S/c1-28-24(33)27(25(34)29(2)26(28)37,12-17-8-9-21(35-3)22(11-17)36-4)16-30-13-18-10-19(15-30)20-6-5-7-23(32)31(20)14-18/h5-9,11,18-19H,10,12-16H2,1-4H3/t18-,19+/m0/s1. The Morgan fingerprint density at radius 2 is 1.65 bits per heavy atom. The summed E-state index contributed by atoms with van der Waals surface area (Å²) in [6.45, 7) is 2.30. The number of fused-ring (bicyclic) bond motifs is 4. The van der Waals surface area contributed by atoms with Crippen LogP contribution in [-0.4, -0.2) is 84.1 Å². The van der Waals surface area contributed by atoms with Crippen LogP contribution in [0.25, 0.3) is 0 Å². The molecule has 10 heteroatoms. The Hall–Kier alpha value is -3.24. The zero-order valence-corrected chi connectivity index (χ0v) is 22.4. The fraction of sp³-hybridized carbons (Fsp3) is 0.481. The molecule has 0 radical (unpaired) electrons. The summed E-state index contributed by atoms with van der Waals surface area (Å²) in [6.07, 6.45) is 1.19. The third-order valence-corrected chi connectivity index (χ3v) is 8.55. The van der Waals surface area contributed by atoms with E-state index in [-0.39, 0.29) is 47.3 Å². The van der Waals surface area contributed by atoms with E-state index in [0.717, 1.165) is 17.7 Å². The largest absolute Gasteiger partial charge is 0.493 e. The topological polar surface area (TPSA) is 84.3 Å². The lowest BCUT2D eigenvalue weighted by molar-refractivity contribution is -0.157. The van der Waals surface area contributed by atoms with E-state index in [4.69, 9.17) is 21.7 Å².